The van der Waals surface area contributed by atoms with Gasteiger partial charge in [0.1, 0.15) is 6.54 Å². The van der Waals surface area contributed by atoms with E-state index < -0.39 is 0 Å². The summed E-state index contributed by atoms with van der Waals surface area (Å²) in [5.41, 5.74) is 2.96. The highest BCUT2D eigenvalue weighted by Gasteiger charge is 2.32. The smallest absolute Gasteiger partial charge is 0.251 e. The third-order valence-corrected chi connectivity index (χ3v) is 6.62. The summed E-state index contributed by atoms with van der Waals surface area (Å²) >= 11 is 3.35. The number of thiophene rings is 1. The van der Waals surface area contributed by atoms with Crippen LogP contribution in [0.3, 0.4) is 0 Å². The van der Waals surface area contributed by atoms with Crippen molar-refractivity contribution in [1.29, 1.82) is 0 Å². The van der Waals surface area contributed by atoms with Crippen LogP contribution in [0, 0.1) is 0 Å². The first-order valence-electron chi connectivity index (χ1n) is 9.19. The van der Waals surface area contributed by atoms with Crippen LogP contribution in [0.1, 0.15) is 11.6 Å². The number of carbonyl (C=O) groups is 1. The van der Waals surface area contributed by atoms with Crippen molar-refractivity contribution in [1.82, 2.24) is 20.2 Å². The lowest BCUT2D eigenvalue weighted by Gasteiger charge is -2.37. The number of fused-ring (bicyclic) bond motifs is 1. The van der Waals surface area contributed by atoms with Crippen LogP contribution in [0.2, 0.25) is 0 Å². The van der Waals surface area contributed by atoms with Crippen LogP contribution in [0.15, 0.2) is 76.3 Å². The minimum Gasteiger partial charge on any atom is -0.301 e. The second-order valence-corrected chi connectivity index (χ2v) is 8.47. The molecule has 4 aromatic rings. The number of rotatable bonds is 4. The molecule has 0 bridgehead atoms. The van der Waals surface area contributed by atoms with Crippen molar-refractivity contribution >= 4 is 34.7 Å². The predicted molar refractivity (Wildman–Crippen MR) is 115 cm³/mol. The van der Waals surface area contributed by atoms with Gasteiger partial charge in [0, 0.05) is 21.6 Å². The van der Waals surface area contributed by atoms with Crippen LogP contribution in [0.25, 0.3) is 11.4 Å². The number of amides is 1. The van der Waals surface area contributed by atoms with E-state index in [1.54, 1.807) is 23.1 Å². The van der Waals surface area contributed by atoms with E-state index in [2.05, 4.69) is 33.6 Å². The topological polar surface area (TPSA) is 63.9 Å². The van der Waals surface area contributed by atoms with Gasteiger partial charge in [0.15, 0.2) is 0 Å². The summed E-state index contributed by atoms with van der Waals surface area (Å²) in [5.74, 6) is 1.28. The fourth-order valence-electron chi connectivity index (χ4n) is 3.43. The van der Waals surface area contributed by atoms with E-state index in [0.717, 1.165) is 27.5 Å². The van der Waals surface area contributed by atoms with E-state index in [4.69, 9.17) is 0 Å². The lowest BCUT2D eigenvalue weighted by molar-refractivity contribution is -0.120. The van der Waals surface area contributed by atoms with Crippen molar-refractivity contribution in [3.8, 4) is 11.4 Å². The van der Waals surface area contributed by atoms with Crippen molar-refractivity contribution in [2.24, 2.45) is 0 Å². The van der Waals surface area contributed by atoms with Crippen LogP contribution >= 0.6 is 23.1 Å². The molecule has 1 unspecified atom stereocenters. The van der Waals surface area contributed by atoms with E-state index in [-0.39, 0.29) is 18.5 Å². The number of hydrogen-bond acceptors (Lipinski definition) is 6. The van der Waals surface area contributed by atoms with Crippen molar-refractivity contribution in [2.45, 2.75) is 17.5 Å². The molecule has 0 aliphatic carbocycles. The molecule has 1 atom stereocenters. The monoisotopic (exact) mass is 419 g/mol. The minimum absolute atomic E-state index is 0.0385. The number of carbonyl (C=O) groups excluding carboxylic acids is 1. The second-order valence-electron chi connectivity index (χ2n) is 6.62. The zero-order valence-electron chi connectivity index (χ0n) is 15.4. The van der Waals surface area contributed by atoms with Gasteiger partial charge in [-0.05, 0) is 34.4 Å². The van der Waals surface area contributed by atoms with Gasteiger partial charge in [-0.2, -0.15) is 16.1 Å². The van der Waals surface area contributed by atoms with Crippen molar-refractivity contribution in [2.75, 3.05) is 10.7 Å². The Labute approximate surface area is 176 Å². The van der Waals surface area contributed by atoms with Crippen molar-refractivity contribution in [3.05, 3.63) is 77.0 Å². The molecule has 0 spiro atoms. The third kappa shape index (κ3) is 3.56. The van der Waals surface area contributed by atoms with Gasteiger partial charge in [0.05, 0.1) is 11.7 Å². The molecule has 29 heavy (non-hydrogen) atoms. The van der Waals surface area contributed by atoms with Gasteiger partial charge < -0.3 is 4.90 Å². The molecule has 1 amide bonds. The molecule has 2 aromatic heterocycles. The number of thioether (sulfide) groups is 1. The molecule has 8 heteroatoms. The van der Waals surface area contributed by atoms with Crippen LogP contribution in [-0.2, 0) is 11.3 Å². The average Bonchev–Trinajstić information content (AvgIpc) is 3.45. The van der Waals surface area contributed by atoms with Gasteiger partial charge in [0.2, 0.25) is 5.82 Å². The molecule has 2 aromatic carbocycles. The highest BCUT2D eigenvalue weighted by atomic mass is 32.2. The summed E-state index contributed by atoms with van der Waals surface area (Å²) in [6, 6.07) is 20.1. The number of aromatic nitrogens is 4. The lowest BCUT2D eigenvalue weighted by atomic mass is 10.1. The van der Waals surface area contributed by atoms with E-state index >= 15 is 0 Å². The Balaban J connectivity index is 1.46. The SMILES string of the molecule is O=C(Cn1nnc(-c2ccsc2)n1)N1c2ccccc2SCC1c1ccccc1. The van der Waals surface area contributed by atoms with E-state index in [9.17, 15) is 4.79 Å². The molecular weight excluding hydrogens is 402 g/mol. The molecule has 0 radical (unpaired) electrons. The predicted octanol–water partition coefficient (Wildman–Crippen LogP) is 4.28. The Morgan fingerprint density at radius 3 is 2.72 bits per heavy atom. The molecule has 1 aliphatic heterocycles. The zero-order chi connectivity index (χ0) is 19.6. The van der Waals surface area contributed by atoms with Gasteiger partial charge in [-0.25, -0.2) is 0 Å². The number of nitrogens with zero attached hydrogens (tertiary/aromatic N) is 5. The molecule has 0 fully saturated rings. The molecular formula is C21H17N5OS2. The quantitative estimate of drug-likeness (QED) is 0.494. The summed E-state index contributed by atoms with van der Waals surface area (Å²) < 4.78 is 0. The van der Waals surface area contributed by atoms with Crippen LogP contribution < -0.4 is 4.90 Å². The number of tetrazole rings is 1. The van der Waals surface area contributed by atoms with E-state index in [0.29, 0.717) is 5.82 Å². The normalized spacial score (nSPS) is 15.9. The largest absolute Gasteiger partial charge is 0.301 e. The van der Waals surface area contributed by atoms with E-state index in [1.807, 2.05) is 58.1 Å². The molecule has 0 saturated carbocycles. The number of benzene rings is 2. The van der Waals surface area contributed by atoms with Gasteiger partial charge in [-0.15, -0.1) is 22.0 Å². The van der Waals surface area contributed by atoms with Crippen molar-refractivity contribution in [3.63, 3.8) is 0 Å². The van der Waals surface area contributed by atoms with Gasteiger partial charge in [-0.1, -0.05) is 42.5 Å². The first-order chi connectivity index (χ1) is 14.3. The Hall–Kier alpha value is -2.97. The first kappa shape index (κ1) is 18.1. The van der Waals surface area contributed by atoms with Crippen LogP contribution in [0.5, 0.6) is 0 Å². The Bertz CT molecular complexity index is 1130. The lowest BCUT2D eigenvalue weighted by Crippen LogP contribution is -2.40. The second kappa shape index (κ2) is 7.81. The molecule has 5 rings (SSSR count). The Kier molecular flexibility index (Phi) is 4.87. The zero-order valence-corrected chi connectivity index (χ0v) is 17.0. The minimum atomic E-state index is -0.0547. The highest BCUT2D eigenvalue weighted by molar-refractivity contribution is 7.99. The number of para-hydroxylation sites is 1. The fraction of sp³-hybridized carbons (Fsp3) is 0.143. The summed E-state index contributed by atoms with van der Waals surface area (Å²) in [5, 5.41) is 16.5. The summed E-state index contributed by atoms with van der Waals surface area (Å²) in [6.07, 6.45) is 0. The van der Waals surface area contributed by atoms with Gasteiger partial charge in [-0.3, -0.25) is 4.79 Å². The fourth-order valence-corrected chi connectivity index (χ4v) is 5.23. The van der Waals surface area contributed by atoms with Gasteiger partial charge >= 0.3 is 0 Å². The first-order valence-corrected chi connectivity index (χ1v) is 11.1. The standard InChI is InChI=1S/C21H17N5OS2/c27-20(12-25-23-21(22-24-25)16-10-11-28-13-16)26-17-8-4-5-9-19(17)29-14-18(26)15-6-2-1-3-7-15/h1-11,13,18H,12,14H2. The maximum atomic E-state index is 13.4. The highest BCUT2D eigenvalue weighted by Crippen LogP contribution is 2.43. The molecule has 3 heterocycles. The molecule has 144 valence electrons. The molecule has 1 aliphatic rings. The maximum Gasteiger partial charge on any atom is 0.251 e. The summed E-state index contributed by atoms with van der Waals surface area (Å²) in [7, 11) is 0. The molecule has 6 nitrogen and oxygen atoms in total. The molecule has 0 N–H and O–H groups in total. The van der Waals surface area contributed by atoms with Crippen LogP contribution in [-0.4, -0.2) is 31.9 Å². The average molecular weight is 420 g/mol. The van der Waals surface area contributed by atoms with Crippen LogP contribution in [0.4, 0.5) is 5.69 Å². The van der Waals surface area contributed by atoms with E-state index in [1.165, 1.54) is 4.80 Å². The Morgan fingerprint density at radius 2 is 1.90 bits per heavy atom. The molecule has 0 saturated heterocycles. The number of hydrogen-bond donors (Lipinski definition) is 0. The maximum absolute atomic E-state index is 13.4. The summed E-state index contributed by atoms with van der Waals surface area (Å²) in [4.78, 5) is 17.8. The van der Waals surface area contributed by atoms with Crippen molar-refractivity contribution < 1.29 is 4.79 Å². The van der Waals surface area contributed by atoms with Gasteiger partial charge in [0.25, 0.3) is 5.91 Å². The summed E-state index contributed by atoms with van der Waals surface area (Å²) in [6.45, 7) is 0.0411. The third-order valence-electron chi connectivity index (χ3n) is 4.80. The Morgan fingerprint density at radius 1 is 1.07 bits per heavy atom. The number of anilines is 1.